The molecule has 1 aliphatic rings. The average molecular weight is 498 g/mol. The molecule has 174 valence electrons. The summed E-state index contributed by atoms with van der Waals surface area (Å²) in [6.45, 7) is 3.73. The van der Waals surface area contributed by atoms with Gasteiger partial charge in [0.1, 0.15) is 11.6 Å². The quantitative estimate of drug-likeness (QED) is 0.292. The first-order valence-electron chi connectivity index (χ1n) is 10.7. The molecule has 34 heavy (non-hydrogen) atoms. The highest BCUT2D eigenvalue weighted by Crippen LogP contribution is 2.29. The van der Waals surface area contributed by atoms with Crippen LogP contribution in [0, 0.1) is 15.9 Å². The van der Waals surface area contributed by atoms with E-state index in [4.69, 9.17) is 0 Å². The Morgan fingerprint density at radius 3 is 2.85 bits per heavy atom. The second-order valence-electron chi connectivity index (χ2n) is 8.14. The van der Waals surface area contributed by atoms with E-state index in [0.29, 0.717) is 35.9 Å². The van der Waals surface area contributed by atoms with E-state index in [1.165, 1.54) is 41.1 Å². The number of carbonyl (C=O) groups is 1. The van der Waals surface area contributed by atoms with Gasteiger partial charge in [0.25, 0.3) is 11.6 Å². The van der Waals surface area contributed by atoms with Crippen LogP contribution in [-0.2, 0) is 6.42 Å². The third kappa shape index (κ3) is 4.36. The second-order valence-corrected chi connectivity index (χ2v) is 9.96. The molecule has 1 atom stereocenters. The van der Waals surface area contributed by atoms with Crippen molar-refractivity contribution in [2.45, 2.75) is 19.4 Å². The van der Waals surface area contributed by atoms with Crippen LogP contribution in [0.4, 0.5) is 15.2 Å². The van der Waals surface area contributed by atoms with Gasteiger partial charge in [-0.05, 0) is 30.5 Å². The normalized spacial score (nSPS) is 16.2. The molecule has 0 bridgehead atoms. The Bertz CT molecular complexity index is 1390. The van der Waals surface area contributed by atoms with Crippen LogP contribution in [0.1, 0.15) is 28.0 Å². The summed E-state index contributed by atoms with van der Waals surface area (Å²) in [6.07, 6.45) is 0.286. The molecule has 3 heterocycles. The number of carbonyl (C=O) groups excluding carboxylic acids is 1. The lowest BCUT2D eigenvalue weighted by Gasteiger charge is -2.39. The van der Waals surface area contributed by atoms with E-state index >= 15 is 0 Å². The lowest BCUT2D eigenvalue weighted by molar-refractivity contribution is -0.385. The van der Waals surface area contributed by atoms with E-state index in [1.807, 2.05) is 17.9 Å². The topological polar surface area (TPSA) is 92.5 Å². The van der Waals surface area contributed by atoms with Gasteiger partial charge in [-0.2, -0.15) is 4.37 Å². The molecule has 1 fully saturated rings. The number of anilines is 1. The zero-order valence-electron chi connectivity index (χ0n) is 18.2. The van der Waals surface area contributed by atoms with Crippen LogP contribution in [0.25, 0.3) is 10.1 Å². The molecule has 0 radical (unpaired) electrons. The van der Waals surface area contributed by atoms with Crippen molar-refractivity contribution in [3.8, 4) is 0 Å². The Morgan fingerprint density at radius 1 is 1.24 bits per heavy atom. The highest BCUT2D eigenvalue weighted by atomic mass is 32.1. The SMILES string of the molecule is CC1CN(c2nc(Cc3ccccc3[N+](=O)[O-])ns2)CCN1C(=O)c1cc2ccc(F)cc2s1. The molecule has 2 aromatic heterocycles. The molecule has 2 aromatic carbocycles. The van der Waals surface area contributed by atoms with Gasteiger partial charge >= 0.3 is 0 Å². The van der Waals surface area contributed by atoms with Crippen LogP contribution in [0.15, 0.2) is 48.5 Å². The number of nitrogens with zero attached hydrogens (tertiary/aromatic N) is 5. The van der Waals surface area contributed by atoms with E-state index in [-0.39, 0.29) is 29.9 Å². The number of nitro groups is 1. The number of halogens is 1. The van der Waals surface area contributed by atoms with Crippen molar-refractivity contribution in [1.29, 1.82) is 0 Å². The fourth-order valence-corrected chi connectivity index (χ4v) is 5.90. The molecule has 1 saturated heterocycles. The molecule has 0 spiro atoms. The highest BCUT2D eigenvalue weighted by molar-refractivity contribution is 7.20. The number of amides is 1. The van der Waals surface area contributed by atoms with Gasteiger partial charge in [-0.15, -0.1) is 11.3 Å². The van der Waals surface area contributed by atoms with Gasteiger partial charge in [0, 0.05) is 60.0 Å². The second kappa shape index (κ2) is 9.07. The molecule has 8 nitrogen and oxygen atoms in total. The molecule has 11 heteroatoms. The minimum atomic E-state index is -0.395. The lowest BCUT2D eigenvalue weighted by atomic mass is 10.1. The van der Waals surface area contributed by atoms with Crippen LogP contribution in [0.2, 0.25) is 0 Å². The minimum absolute atomic E-state index is 0.0502. The minimum Gasteiger partial charge on any atom is -0.343 e. The maximum absolute atomic E-state index is 13.5. The van der Waals surface area contributed by atoms with E-state index in [0.717, 1.165) is 15.2 Å². The number of nitro benzene ring substituents is 1. The zero-order chi connectivity index (χ0) is 23.8. The first-order chi connectivity index (χ1) is 16.4. The fourth-order valence-electron chi connectivity index (χ4n) is 4.14. The van der Waals surface area contributed by atoms with Gasteiger partial charge in [0.2, 0.25) is 5.13 Å². The van der Waals surface area contributed by atoms with Crippen LogP contribution in [-0.4, -0.2) is 50.8 Å². The van der Waals surface area contributed by atoms with Crippen LogP contribution >= 0.6 is 22.9 Å². The van der Waals surface area contributed by atoms with Crippen LogP contribution in [0.3, 0.4) is 0 Å². The number of hydrogen-bond donors (Lipinski definition) is 0. The molecule has 0 aliphatic carbocycles. The predicted octanol–water partition coefficient (Wildman–Crippen LogP) is 4.74. The largest absolute Gasteiger partial charge is 0.343 e. The summed E-state index contributed by atoms with van der Waals surface area (Å²) in [4.78, 5) is 33.2. The Kier molecular flexibility index (Phi) is 5.96. The summed E-state index contributed by atoms with van der Waals surface area (Å²) in [5.74, 6) is 0.176. The third-order valence-electron chi connectivity index (χ3n) is 5.85. The summed E-state index contributed by atoms with van der Waals surface area (Å²) in [6, 6.07) is 12.9. The van der Waals surface area contributed by atoms with Crippen LogP contribution < -0.4 is 4.90 Å². The number of rotatable bonds is 5. The standard InChI is InChI=1S/C23H20FN5O3S2/c1-14-13-27(23-25-21(26-34-23)11-15-4-2-3-5-18(15)29(31)32)8-9-28(14)22(30)20-10-16-6-7-17(24)12-19(16)33-20/h2-7,10,12,14H,8-9,11,13H2,1H3. The number of hydrogen-bond acceptors (Lipinski definition) is 8. The summed E-state index contributed by atoms with van der Waals surface area (Å²) in [5.41, 5.74) is 0.632. The van der Waals surface area contributed by atoms with Gasteiger partial charge in [0.05, 0.1) is 9.80 Å². The molecular weight excluding hydrogens is 477 g/mol. The lowest BCUT2D eigenvalue weighted by Crippen LogP contribution is -2.54. The maximum atomic E-state index is 13.5. The summed E-state index contributed by atoms with van der Waals surface area (Å²) in [7, 11) is 0. The Morgan fingerprint density at radius 2 is 2.06 bits per heavy atom. The van der Waals surface area contributed by atoms with Crippen molar-refractivity contribution in [3.05, 3.63) is 80.7 Å². The number of para-hydroxylation sites is 1. The first kappa shape index (κ1) is 22.4. The number of aromatic nitrogens is 2. The van der Waals surface area contributed by atoms with Gasteiger partial charge in [-0.1, -0.05) is 24.3 Å². The zero-order valence-corrected chi connectivity index (χ0v) is 19.8. The van der Waals surface area contributed by atoms with Crippen molar-refractivity contribution < 1.29 is 14.1 Å². The van der Waals surface area contributed by atoms with Crippen molar-refractivity contribution in [1.82, 2.24) is 14.3 Å². The molecule has 5 rings (SSSR count). The summed E-state index contributed by atoms with van der Waals surface area (Å²) < 4.78 is 18.7. The van der Waals surface area contributed by atoms with Gasteiger partial charge in [-0.25, -0.2) is 9.37 Å². The van der Waals surface area contributed by atoms with Gasteiger partial charge < -0.3 is 9.80 Å². The monoisotopic (exact) mass is 497 g/mol. The van der Waals surface area contributed by atoms with E-state index in [2.05, 4.69) is 14.3 Å². The predicted molar refractivity (Wildman–Crippen MR) is 130 cm³/mol. The number of piperazine rings is 1. The molecular formula is C23H20FN5O3S2. The average Bonchev–Trinajstić information content (AvgIpc) is 3.45. The molecule has 1 unspecified atom stereocenters. The summed E-state index contributed by atoms with van der Waals surface area (Å²) >= 11 is 2.57. The van der Waals surface area contributed by atoms with Crippen LogP contribution in [0.5, 0.6) is 0 Å². The maximum Gasteiger partial charge on any atom is 0.273 e. The molecule has 1 aliphatic heterocycles. The highest BCUT2D eigenvalue weighted by Gasteiger charge is 2.30. The Labute approximate surface area is 202 Å². The van der Waals surface area contributed by atoms with Crippen molar-refractivity contribution in [2.24, 2.45) is 0 Å². The van der Waals surface area contributed by atoms with Crippen molar-refractivity contribution in [2.75, 3.05) is 24.5 Å². The van der Waals surface area contributed by atoms with Crippen molar-refractivity contribution in [3.63, 3.8) is 0 Å². The number of fused-ring (bicyclic) bond motifs is 1. The Balaban J connectivity index is 1.27. The van der Waals surface area contributed by atoms with Gasteiger partial charge in [0.15, 0.2) is 0 Å². The smallest absolute Gasteiger partial charge is 0.273 e. The van der Waals surface area contributed by atoms with E-state index in [9.17, 15) is 19.3 Å². The van der Waals surface area contributed by atoms with E-state index < -0.39 is 4.92 Å². The first-order valence-corrected chi connectivity index (χ1v) is 12.3. The molecule has 0 saturated carbocycles. The summed E-state index contributed by atoms with van der Waals surface area (Å²) in [5, 5.41) is 12.9. The number of thiophene rings is 1. The molecule has 4 aromatic rings. The van der Waals surface area contributed by atoms with E-state index in [1.54, 1.807) is 24.3 Å². The number of benzene rings is 2. The van der Waals surface area contributed by atoms with Gasteiger partial charge in [-0.3, -0.25) is 14.9 Å². The van der Waals surface area contributed by atoms with Crippen molar-refractivity contribution >= 4 is 49.7 Å². The fraction of sp³-hybridized carbons (Fsp3) is 0.261. The third-order valence-corrected chi connectivity index (χ3v) is 7.75. The molecule has 0 N–H and O–H groups in total. The molecule has 1 amide bonds. The Hall–Kier alpha value is -3.44.